The molecule has 3 heterocycles. The van der Waals surface area contributed by atoms with Crippen molar-refractivity contribution in [1.82, 2.24) is 15.2 Å². The summed E-state index contributed by atoms with van der Waals surface area (Å²) in [6, 6.07) is 20.0. The summed E-state index contributed by atoms with van der Waals surface area (Å²) in [5, 5.41) is 2.79. The molecule has 1 fully saturated rings. The zero-order valence-corrected chi connectivity index (χ0v) is 21.2. The molecule has 2 aromatic carbocycles. The lowest BCUT2D eigenvalue weighted by atomic mass is 9.97. The average molecular weight is 529 g/mol. The minimum atomic E-state index is -2.79. The van der Waals surface area contributed by atoms with Crippen LogP contribution in [0.4, 0.5) is 14.6 Å². The summed E-state index contributed by atoms with van der Waals surface area (Å²) >= 11 is 0. The van der Waals surface area contributed by atoms with E-state index in [1.165, 1.54) is 6.08 Å². The number of nitrogens with two attached hydrogens (primary N) is 1. The lowest BCUT2D eigenvalue weighted by molar-refractivity contribution is -0.116. The van der Waals surface area contributed by atoms with Crippen LogP contribution in [-0.2, 0) is 11.3 Å². The normalized spacial score (nSPS) is 14.3. The maximum Gasteiger partial charge on any atom is 0.282 e. The van der Waals surface area contributed by atoms with Crippen molar-refractivity contribution in [3.8, 4) is 22.5 Å². The molecule has 0 radical (unpaired) electrons. The number of hydrogen-bond donors (Lipinski definition) is 2. The summed E-state index contributed by atoms with van der Waals surface area (Å²) in [7, 11) is 0. The number of pyridine rings is 1. The molecule has 5 rings (SSSR count). The summed E-state index contributed by atoms with van der Waals surface area (Å²) in [5.74, 6) is -1.73. The second kappa shape index (κ2) is 10.5. The topological polar surface area (TPSA) is 101 Å². The first kappa shape index (κ1) is 25.8. The number of alkyl halides is 2. The van der Waals surface area contributed by atoms with Crippen molar-refractivity contribution >= 4 is 23.7 Å². The number of aryl methyl sites for hydroxylation is 1. The van der Waals surface area contributed by atoms with Crippen LogP contribution < -0.4 is 11.1 Å². The summed E-state index contributed by atoms with van der Waals surface area (Å²) in [6.07, 6.45) is 4.66. The van der Waals surface area contributed by atoms with Gasteiger partial charge < -0.3 is 20.4 Å². The highest BCUT2D eigenvalue weighted by molar-refractivity contribution is 5.95. The molecule has 0 saturated carbocycles. The van der Waals surface area contributed by atoms with Gasteiger partial charge in [-0.15, -0.1) is 0 Å². The molecule has 4 aromatic rings. The largest absolute Gasteiger partial charge is 0.459 e. The Morgan fingerprint density at radius 1 is 1.05 bits per heavy atom. The van der Waals surface area contributed by atoms with E-state index in [-0.39, 0.29) is 18.4 Å². The maximum absolute atomic E-state index is 13.1. The zero-order valence-electron chi connectivity index (χ0n) is 21.2. The number of carbonyl (C=O) groups excluding carboxylic acids is 2. The molecule has 7 nitrogen and oxygen atoms in total. The van der Waals surface area contributed by atoms with Crippen LogP contribution >= 0.6 is 0 Å². The fourth-order valence-electron chi connectivity index (χ4n) is 4.30. The highest BCUT2D eigenvalue weighted by Crippen LogP contribution is 2.31. The van der Waals surface area contributed by atoms with E-state index in [2.05, 4.69) is 10.3 Å². The monoisotopic (exact) mass is 528 g/mol. The predicted octanol–water partition coefficient (Wildman–Crippen LogP) is 5.32. The van der Waals surface area contributed by atoms with Gasteiger partial charge in [-0.05, 0) is 71.7 Å². The van der Waals surface area contributed by atoms with Crippen LogP contribution in [-0.4, -0.2) is 40.7 Å². The molecule has 1 aliphatic rings. The second-order valence-electron chi connectivity index (χ2n) is 9.46. The van der Waals surface area contributed by atoms with Crippen molar-refractivity contribution in [2.45, 2.75) is 19.4 Å². The van der Waals surface area contributed by atoms with E-state index in [1.54, 1.807) is 36.5 Å². The van der Waals surface area contributed by atoms with Crippen molar-refractivity contribution in [1.29, 1.82) is 0 Å². The number of likely N-dealkylation sites (tertiary alicyclic amines) is 1. The Labute approximate surface area is 224 Å². The van der Waals surface area contributed by atoms with Crippen molar-refractivity contribution in [2.24, 2.45) is 0 Å². The van der Waals surface area contributed by atoms with Crippen LogP contribution in [0.1, 0.15) is 27.2 Å². The molecule has 1 aliphatic heterocycles. The highest BCUT2D eigenvalue weighted by Gasteiger charge is 2.46. The molecule has 3 N–H and O–H groups in total. The number of benzene rings is 2. The SMILES string of the molecule is Cc1cc(-c2ccc(C(=O)N3CC(F)(F)C3)cc2)ccc1-c1ccc(CNC(=O)/C=C/c2ccc(N)nc2)o1. The number of anilines is 1. The van der Waals surface area contributed by atoms with Crippen molar-refractivity contribution in [3.63, 3.8) is 0 Å². The molecular formula is C30H26F2N4O3. The smallest absolute Gasteiger partial charge is 0.282 e. The molecule has 9 heteroatoms. The summed E-state index contributed by atoms with van der Waals surface area (Å²) in [4.78, 5) is 29.6. The van der Waals surface area contributed by atoms with E-state index in [9.17, 15) is 18.4 Å². The first-order chi connectivity index (χ1) is 18.7. The number of amides is 2. The minimum absolute atomic E-state index is 0.237. The third-order valence-electron chi connectivity index (χ3n) is 6.42. The Hall–Kier alpha value is -4.79. The molecule has 0 spiro atoms. The van der Waals surface area contributed by atoms with Gasteiger partial charge >= 0.3 is 0 Å². The van der Waals surface area contributed by atoms with Gasteiger partial charge in [-0.2, -0.15) is 0 Å². The quantitative estimate of drug-likeness (QED) is 0.316. The molecule has 198 valence electrons. The summed E-state index contributed by atoms with van der Waals surface area (Å²) < 4.78 is 32.1. The van der Waals surface area contributed by atoms with Crippen LogP contribution in [0.5, 0.6) is 0 Å². The number of hydrogen-bond acceptors (Lipinski definition) is 5. The Morgan fingerprint density at radius 2 is 1.79 bits per heavy atom. The van der Waals surface area contributed by atoms with E-state index in [0.717, 1.165) is 32.7 Å². The number of nitrogens with one attached hydrogen (secondary N) is 1. The Morgan fingerprint density at radius 3 is 2.46 bits per heavy atom. The maximum atomic E-state index is 13.1. The first-order valence-electron chi connectivity index (χ1n) is 12.3. The standard InChI is InChI=1S/C30H26F2N4O3/c1-19-14-23(21-4-6-22(7-5-21)29(38)36-17-30(31,32)18-36)8-10-25(19)26-11-9-24(39-26)16-35-28(37)13-3-20-2-12-27(33)34-15-20/h2-15H,16-18H2,1H3,(H2,33,34)(H,35,37)/b13-3+. The predicted molar refractivity (Wildman–Crippen MR) is 145 cm³/mol. The highest BCUT2D eigenvalue weighted by atomic mass is 19.3. The fourth-order valence-corrected chi connectivity index (χ4v) is 4.30. The van der Waals surface area contributed by atoms with Gasteiger partial charge in [0.05, 0.1) is 19.6 Å². The Balaban J connectivity index is 1.19. The minimum Gasteiger partial charge on any atom is -0.459 e. The van der Waals surface area contributed by atoms with E-state index in [1.807, 2.05) is 49.4 Å². The van der Waals surface area contributed by atoms with Crippen LogP contribution in [0, 0.1) is 6.92 Å². The van der Waals surface area contributed by atoms with Gasteiger partial charge in [-0.25, -0.2) is 13.8 Å². The Kier molecular flexibility index (Phi) is 6.98. The molecule has 2 amide bonds. The molecule has 0 unspecified atom stereocenters. The lowest BCUT2D eigenvalue weighted by Crippen LogP contribution is -2.58. The summed E-state index contributed by atoms with van der Waals surface area (Å²) in [6.45, 7) is 1.14. The number of nitrogens with zero attached hydrogens (tertiary/aromatic N) is 2. The fraction of sp³-hybridized carbons (Fsp3) is 0.167. The van der Waals surface area contributed by atoms with Crippen LogP contribution in [0.25, 0.3) is 28.5 Å². The number of rotatable bonds is 7. The molecule has 0 bridgehead atoms. The van der Waals surface area contributed by atoms with E-state index >= 15 is 0 Å². The molecule has 1 saturated heterocycles. The molecular weight excluding hydrogens is 502 g/mol. The van der Waals surface area contributed by atoms with E-state index < -0.39 is 19.0 Å². The molecule has 39 heavy (non-hydrogen) atoms. The van der Waals surface area contributed by atoms with Gasteiger partial charge in [0.2, 0.25) is 5.91 Å². The van der Waals surface area contributed by atoms with Crippen molar-refractivity contribution in [2.75, 3.05) is 18.8 Å². The van der Waals surface area contributed by atoms with Gasteiger partial charge in [-0.3, -0.25) is 9.59 Å². The number of furan rings is 1. The van der Waals surface area contributed by atoms with Crippen molar-refractivity contribution in [3.05, 3.63) is 101 Å². The lowest BCUT2D eigenvalue weighted by Gasteiger charge is -2.38. The molecule has 0 atom stereocenters. The van der Waals surface area contributed by atoms with Gasteiger partial charge in [0, 0.05) is 23.4 Å². The van der Waals surface area contributed by atoms with Gasteiger partial charge in [0.15, 0.2) is 0 Å². The summed E-state index contributed by atoms with van der Waals surface area (Å²) in [5.41, 5.74) is 10.5. The number of aromatic nitrogens is 1. The second-order valence-corrected chi connectivity index (χ2v) is 9.46. The van der Waals surface area contributed by atoms with Gasteiger partial charge in [0.25, 0.3) is 11.8 Å². The molecule has 0 aliphatic carbocycles. The van der Waals surface area contributed by atoms with Gasteiger partial charge in [0.1, 0.15) is 17.3 Å². The average Bonchev–Trinajstić information content (AvgIpc) is 3.38. The van der Waals surface area contributed by atoms with E-state index in [0.29, 0.717) is 22.9 Å². The Bertz CT molecular complexity index is 1540. The number of nitrogen functional groups attached to an aromatic ring is 1. The third kappa shape index (κ3) is 6.04. The third-order valence-corrected chi connectivity index (χ3v) is 6.42. The molecule has 2 aromatic heterocycles. The van der Waals surface area contributed by atoms with Crippen LogP contribution in [0.2, 0.25) is 0 Å². The van der Waals surface area contributed by atoms with Crippen LogP contribution in [0.3, 0.4) is 0 Å². The van der Waals surface area contributed by atoms with E-state index in [4.69, 9.17) is 10.2 Å². The van der Waals surface area contributed by atoms with Crippen molar-refractivity contribution < 1.29 is 22.8 Å². The van der Waals surface area contributed by atoms with Crippen LogP contribution in [0.15, 0.2) is 83.4 Å². The number of halogens is 2. The van der Waals surface area contributed by atoms with Gasteiger partial charge in [-0.1, -0.05) is 30.3 Å². The number of carbonyl (C=O) groups is 2. The first-order valence-corrected chi connectivity index (χ1v) is 12.3. The zero-order chi connectivity index (χ0) is 27.6.